The number of methoxy groups -OCH3 is 1. The van der Waals surface area contributed by atoms with Crippen LogP contribution >= 0.6 is 11.6 Å². The molecule has 2 aromatic carbocycles. The molecule has 1 amide bonds. The van der Waals surface area contributed by atoms with Gasteiger partial charge >= 0.3 is 5.97 Å². The van der Waals surface area contributed by atoms with Gasteiger partial charge in [-0.2, -0.15) is 0 Å². The van der Waals surface area contributed by atoms with E-state index in [1.165, 1.54) is 7.11 Å². The normalized spacial score (nSPS) is 16.9. The molecule has 0 radical (unpaired) electrons. The smallest absolute Gasteiger partial charge is 0.337 e. The van der Waals surface area contributed by atoms with Crippen LogP contribution in [0.15, 0.2) is 42.5 Å². The summed E-state index contributed by atoms with van der Waals surface area (Å²) in [5.41, 5.74) is 1.68. The summed E-state index contributed by atoms with van der Waals surface area (Å²) in [5.74, 6) is -0.227. The second-order valence-electron chi connectivity index (χ2n) is 6.90. The van der Waals surface area contributed by atoms with Crippen molar-refractivity contribution in [3.05, 3.63) is 64.2 Å². The summed E-state index contributed by atoms with van der Waals surface area (Å²) < 4.78 is 16.1. The number of carbonyl (C=O) groups excluding carboxylic acids is 2. The molecule has 1 unspecified atom stereocenters. The Kier molecular flexibility index (Phi) is 7.12. The van der Waals surface area contributed by atoms with Crippen LogP contribution in [0.3, 0.4) is 0 Å². The summed E-state index contributed by atoms with van der Waals surface area (Å²) in [6, 6.07) is 11.6. The van der Waals surface area contributed by atoms with Crippen LogP contribution in [0.5, 0.6) is 5.75 Å². The lowest BCUT2D eigenvalue weighted by Crippen LogP contribution is -2.27. The first-order valence-corrected chi connectivity index (χ1v) is 9.89. The van der Waals surface area contributed by atoms with Crippen molar-refractivity contribution < 1.29 is 23.8 Å². The van der Waals surface area contributed by atoms with Crippen LogP contribution in [0.1, 0.15) is 52.1 Å². The summed E-state index contributed by atoms with van der Waals surface area (Å²) in [6.45, 7) is 3.00. The highest BCUT2D eigenvalue weighted by atomic mass is 35.5. The van der Waals surface area contributed by atoms with Gasteiger partial charge in [0.2, 0.25) is 0 Å². The van der Waals surface area contributed by atoms with Gasteiger partial charge in [-0.25, -0.2) is 4.79 Å². The molecule has 7 heteroatoms. The van der Waals surface area contributed by atoms with Gasteiger partial charge in [-0.05, 0) is 55.7 Å². The van der Waals surface area contributed by atoms with E-state index in [-0.39, 0.29) is 18.1 Å². The summed E-state index contributed by atoms with van der Waals surface area (Å²) >= 11 is 6.10. The Balaban J connectivity index is 1.68. The Hall–Kier alpha value is -2.57. The van der Waals surface area contributed by atoms with Gasteiger partial charge in [0, 0.05) is 11.6 Å². The Morgan fingerprint density at radius 3 is 2.66 bits per heavy atom. The molecule has 1 aliphatic heterocycles. The molecule has 1 fully saturated rings. The third kappa shape index (κ3) is 5.49. The number of rotatable bonds is 7. The van der Waals surface area contributed by atoms with E-state index in [9.17, 15) is 9.59 Å². The molecule has 29 heavy (non-hydrogen) atoms. The first-order valence-electron chi connectivity index (χ1n) is 9.51. The molecule has 0 aliphatic carbocycles. The Bertz CT molecular complexity index is 862. The number of nitrogens with one attached hydrogen (secondary N) is 1. The van der Waals surface area contributed by atoms with Crippen LogP contribution < -0.4 is 10.1 Å². The quantitative estimate of drug-likeness (QED) is 0.684. The van der Waals surface area contributed by atoms with Gasteiger partial charge in [0.05, 0.1) is 30.4 Å². The minimum absolute atomic E-state index is 0.0499. The Morgan fingerprint density at radius 1 is 1.24 bits per heavy atom. The van der Waals surface area contributed by atoms with Crippen molar-refractivity contribution in [2.45, 2.75) is 31.9 Å². The predicted octanol–water partition coefficient (Wildman–Crippen LogP) is 4.18. The molecule has 1 saturated heterocycles. The van der Waals surface area contributed by atoms with Crippen molar-refractivity contribution in [1.29, 1.82) is 0 Å². The zero-order valence-corrected chi connectivity index (χ0v) is 17.2. The number of ether oxygens (including phenoxy) is 3. The molecular weight excluding hydrogens is 394 g/mol. The maximum atomic E-state index is 12.9. The SMILES string of the molecule is COC(=O)c1ccc([C@H](C)NC(=O)c2cc(Cl)ccc2OCC2CCCO2)cc1. The fourth-order valence-corrected chi connectivity index (χ4v) is 3.32. The zero-order chi connectivity index (χ0) is 20.8. The van der Waals surface area contributed by atoms with Gasteiger partial charge < -0.3 is 19.5 Å². The number of hydrogen-bond donors (Lipinski definition) is 1. The highest BCUT2D eigenvalue weighted by Crippen LogP contribution is 2.25. The van der Waals surface area contributed by atoms with Crippen molar-refractivity contribution in [2.24, 2.45) is 0 Å². The van der Waals surface area contributed by atoms with Crippen LogP contribution in [-0.4, -0.2) is 38.3 Å². The van der Waals surface area contributed by atoms with Crippen molar-refractivity contribution in [1.82, 2.24) is 5.32 Å². The van der Waals surface area contributed by atoms with Gasteiger partial charge in [0.25, 0.3) is 5.91 Å². The second-order valence-corrected chi connectivity index (χ2v) is 7.33. The zero-order valence-electron chi connectivity index (χ0n) is 16.4. The molecule has 0 saturated carbocycles. The van der Waals surface area contributed by atoms with Crippen LogP contribution in [-0.2, 0) is 9.47 Å². The maximum Gasteiger partial charge on any atom is 0.337 e. The molecule has 6 nitrogen and oxygen atoms in total. The Labute approximate surface area is 175 Å². The summed E-state index contributed by atoms with van der Waals surface area (Å²) in [5, 5.41) is 3.40. The van der Waals surface area contributed by atoms with E-state index in [1.807, 2.05) is 6.92 Å². The van der Waals surface area contributed by atoms with Crippen molar-refractivity contribution >= 4 is 23.5 Å². The van der Waals surface area contributed by atoms with Gasteiger partial charge in [0.1, 0.15) is 12.4 Å². The van der Waals surface area contributed by atoms with Gasteiger partial charge in [-0.15, -0.1) is 0 Å². The van der Waals surface area contributed by atoms with E-state index in [4.69, 9.17) is 25.8 Å². The average Bonchev–Trinajstić information content (AvgIpc) is 3.26. The maximum absolute atomic E-state index is 12.9. The topological polar surface area (TPSA) is 73.9 Å². The molecule has 0 bridgehead atoms. The van der Waals surface area contributed by atoms with E-state index in [1.54, 1.807) is 42.5 Å². The van der Waals surface area contributed by atoms with Crippen molar-refractivity contribution in [2.75, 3.05) is 20.3 Å². The minimum Gasteiger partial charge on any atom is -0.490 e. The molecule has 1 heterocycles. The fraction of sp³-hybridized carbons (Fsp3) is 0.364. The molecule has 0 aromatic heterocycles. The van der Waals surface area contributed by atoms with E-state index in [0.717, 1.165) is 25.0 Å². The number of esters is 1. The van der Waals surface area contributed by atoms with Crippen LogP contribution in [0, 0.1) is 0 Å². The first-order chi connectivity index (χ1) is 14.0. The van der Waals surface area contributed by atoms with E-state index in [2.05, 4.69) is 5.32 Å². The summed E-state index contributed by atoms with van der Waals surface area (Å²) in [4.78, 5) is 24.4. The Morgan fingerprint density at radius 2 is 2.00 bits per heavy atom. The van der Waals surface area contributed by atoms with E-state index < -0.39 is 5.97 Å². The second kappa shape index (κ2) is 9.76. The third-order valence-corrected chi connectivity index (χ3v) is 5.05. The minimum atomic E-state index is -0.403. The van der Waals surface area contributed by atoms with Crippen molar-refractivity contribution in [3.63, 3.8) is 0 Å². The van der Waals surface area contributed by atoms with Crippen LogP contribution in [0.4, 0.5) is 0 Å². The molecule has 0 spiro atoms. The van der Waals surface area contributed by atoms with Gasteiger partial charge in [-0.3, -0.25) is 4.79 Å². The molecule has 2 aromatic rings. The number of benzene rings is 2. The van der Waals surface area contributed by atoms with Gasteiger partial charge in [-0.1, -0.05) is 23.7 Å². The van der Waals surface area contributed by atoms with Gasteiger partial charge in [0.15, 0.2) is 0 Å². The van der Waals surface area contributed by atoms with Crippen molar-refractivity contribution in [3.8, 4) is 5.75 Å². The largest absolute Gasteiger partial charge is 0.490 e. The monoisotopic (exact) mass is 417 g/mol. The lowest BCUT2D eigenvalue weighted by molar-refractivity contribution is 0.0600. The summed E-state index contributed by atoms with van der Waals surface area (Å²) in [6.07, 6.45) is 2.02. The number of hydrogen-bond acceptors (Lipinski definition) is 5. The highest BCUT2D eigenvalue weighted by Gasteiger charge is 2.20. The lowest BCUT2D eigenvalue weighted by atomic mass is 10.1. The lowest BCUT2D eigenvalue weighted by Gasteiger charge is -2.18. The molecule has 3 rings (SSSR count). The standard InChI is InChI=1S/C22H24ClNO5/c1-14(15-5-7-16(8-6-15)22(26)27-2)24-21(25)19-12-17(23)9-10-20(19)29-13-18-4-3-11-28-18/h5-10,12,14,18H,3-4,11,13H2,1-2H3,(H,24,25)/t14-,18?/m0/s1. The van der Waals surface area contributed by atoms with Crippen LogP contribution in [0.2, 0.25) is 5.02 Å². The number of halogens is 1. The summed E-state index contributed by atoms with van der Waals surface area (Å²) in [7, 11) is 1.34. The fourth-order valence-electron chi connectivity index (χ4n) is 3.15. The molecule has 1 N–H and O–H groups in total. The number of amides is 1. The molecular formula is C22H24ClNO5. The predicted molar refractivity (Wildman–Crippen MR) is 110 cm³/mol. The molecule has 154 valence electrons. The average molecular weight is 418 g/mol. The third-order valence-electron chi connectivity index (χ3n) is 4.81. The molecule has 1 aliphatic rings. The van der Waals surface area contributed by atoms with Crippen LogP contribution in [0.25, 0.3) is 0 Å². The van der Waals surface area contributed by atoms with E-state index >= 15 is 0 Å². The molecule has 2 atom stereocenters. The number of carbonyl (C=O) groups is 2. The highest BCUT2D eigenvalue weighted by molar-refractivity contribution is 6.31. The first kappa shape index (κ1) is 21.1. The van der Waals surface area contributed by atoms with E-state index in [0.29, 0.717) is 28.5 Å².